The molecule has 112 valence electrons. The van der Waals surface area contributed by atoms with Crippen LogP contribution in [0.2, 0.25) is 0 Å². The first-order valence-corrected chi connectivity index (χ1v) is 6.56. The number of carboxylic acids is 2. The molecule has 2 atom stereocenters. The van der Waals surface area contributed by atoms with E-state index in [2.05, 4.69) is 0 Å². The topological polar surface area (TPSA) is 87.1 Å². The van der Waals surface area contributed by atoms with Gasteiger partial charge in [-0.2, -0.15) is 0 Å². The molecule has 1 aliphatic rings. The second kappa shape index (κ2) is 6.41. The number of carboxylic acid groups (broad SMARTS) is 2. The summed E-state index contributed by atoms with van der Waals surface area (Å²) in [7, 11) is 1.77. The Kier molecular flexibility index (Phi) is 4.59. The number of nitrogens with zero attached hydrogens (tertiary/aromatic N) is 1. The first kappa shape index (κ1) is 15.1. The Labute approximate surface area is 122 Å². The van der Waals surface area contributed by atoms with Gasteiger partial charge in [-0.15, -0.1) is 0 Å². The molecule has 1 aromatic rings. The third-order valence-electron chi connectivity index (χ3n) is 3.40. The molecule has 1 unspecified atom stereocenters. The van der Waals surface area contributed by atoms with E-state index >= 15 is 0 Å². The highest BCUT2D eigenvalue weighted by Gasteiger charge is 2.35. The van der Waals surface area contributed by atoms with Crippen LogP contribution in [0, 0.1) is 0 Å². The highest BCUT2D eigenvalue weighted by atomic mass is 16.5. The van der Waals surface area contributed by atoms with Gasteiger partial charge in [0, 0.05) is 19.0 Å². The summed E-state index contributed by atoms with van der Waals surface area (Å²) >= 11 is 0. The van der Waals surface area contributed by atoms with Crippen molar-refractivity contribution in [2.24, 2.45) is 0 Å². The molecule has 0 aliphatic carbocycles. The first-order valence-electron chi connectivity index (χ1n) is 6.56. The van der Waals surface area contributed by atoms with E-state index < -0.39 is 18.0 Å². The molecule has 0 spiro atoms. The summed E-state index contributed by atoms with van der Waals surface area (Å²) in [6.07, 6.45) is 2.86. The lowest BCUT2D eigenvalue weighted by atomic mass is 10.2. The SMILES string of the molecule is CN1C[C@H](Oc2ccc(/C=C/C(=O)O)cc2)CC1C(=O)O. The molecule has 1 heterocycles. The Bertz CT molecular complexity index is 552. The van der Waals surface area contributed by atoms with Gasteiger partial charge >= 0.3 is 11.9 Å². The minimum atomic E-state index is -0.996. The average Bonchev–Trinajstić information content (AvgIpc) is 2.79. The highest BCUT2D eigenvalue weighted by molar-refractivity contribution is 5.85. The zero-order chi connectivity index (χ0) is 15.4. The third kappa shape index (κ3) is 4.06. The van der Waals surface area contributed by atoms with Crippen LogP contribution in [0.4, 0.5) is 0 Å². The van der Waals surface area contributed by atoms with Crippen molar-refractivity contribution in [1.29, 1.82) is 0 Å². The van der Waals surface area contributed by atoms with Gasteiger partial charge in [0.15, 0.2) is 0 Å². The minimum Gasteiger partial charge on any atom is -0.489 e. The summed E-state index contributed by atoms with van der Waals surface area (Å²) in [6, 6.07) is 6.49. The highest BCUT2D eigenvalue weighted by Crippen LogP contribution is 2.22. The Morgan fingerprint density at radius 2 is 1.95 bits per heavy atom. The molecule has 0 radical (unpaired) electrons. The molecule has 1 aromatic carbocycles. The molecule has 2 N–H and O–H groups in total. The summed E-state index contributed by atoms with van der Waals surface area (Å²) in [5.41, 5.74) is 0.761. The monoisotopic (exact) mass is 291 g/mol. The Hall–Kier alpha value is -2.34. The van der Waals surface area contributed by atoms with Gasteiger partial charge in [0.05, 0.1) is 0 Å². The predicted molar refractivity (Wildman–Crippen MR) is 76.2 cm³/mol. The van der Waals surface area contributed by atoms with Gasteiger partial charge in [0.2, 0.25) is 0 Å². The molecule has 0 aromatic heterocycles. The molecule has 6 heteroatoms. The van der Waals surface area contributed by atoms with E-state index in [1.807, 2.05) is 0 Å². The van der Waals surface area contributed by atoms with Crippen molar-refractivity contribution in [2.75, 3.05) is 13.6 Å². The second-order valence-electron chi connectivity index (χ2n) is 5.01. The number of rotatable bonds is 5. The van der Waals surface area contributed by atoms with Crippen molar-refractivity contribution < 1.29 is 24.5 Å². The summed E-state index contributed by atoms with van der Waals surface area (Å²) in [6.45, 7) is 0.567. The molecule has 1 fully saturated rings. The standard InChI is InChI=1S/C15H17NO5/c1-16-9-12(8-13(16)15(19)20)21-11-5-2-10(3-6-11)4-7-14(17)18/h2-7,12-13H,8-9H2,1H3,(H,17,18)(H,19,20)/b7-4+/t12-,13?/m1/s1. The third-order valence-corrected chi connectivity index (χ3v) is 3.40. The number of carbonyl (C=O) groups is 2. The maximum absolute atomic E-state index is 11.0. The van der Waals surface area contributed by atoms with E-state index in [1.54, 1.807) is 36.2 Å². The van der Waals surface area contributed by atoms with Gasteiger partial charge in [-0.1, -0.05) is 12.1 Å². The molecule has 1 aliphatic heterocycles. The Balaban J connectivity index is 1.95. The molecule has 6 nitrogen and oxygen atoms in total. The molecular weight excluding hydrogens is 274 g/mol. The van der Waals surface area contributed by atoms with Gasteiger partial charge in [0.1, 0.15) is 17.9 Å². The van der Waals surface area contributed by atoms with Crippen molar-refractivity contribution in [3.8, 4) is 5.75 Å². The lowest BCUT2D eigenvalue weighted by Gasteiger charge is -2.13. The number of hydrogen-bond donors (Lipinski definition) is 2. The Morgan fingerprint density at radius 1 is 1.29 bits per heavy atom. The number of aliphatic carboxylic acids is 2. The van der Waals surface area contributed by atoms with Crippen LogP contribution in [0.5, 0.6) is 5.75 Å². The van der Waals surface area contributed by atoms with Gasteiger partial charge in [-0.3, -0.25) is 9.69 Å². The summed E-state index contributed by atoms with van der Waals surface area (Å²) in [5, 5.41) is 17.6. The fourth-order valence-electron chi connectivity index (χ4n) is 2.34. The van der Waals surface area contributed by atoms with Crippen molar-refractivity contribution in [3.05, 3.63) is 35.9 Å². The lowest BCUT2D eigenvalue weighted by molar-refractivity contribution is -0.141. The van der Waals surface area contributed by atoms with Crippen molar-refractivity contribution in [1.82, 2.24) is 4.90 Å². The van der Waals surface area contributed by atoms with E-state index in [0.29, 0.717) is 18.7 Å². The molecule has 0 bridgehead atoms. The van der Waals surface area contributed by atoms with Gasteiger partial charge in [0.25, 0.3) is 0 Å². The van der Waals surface area contributed by atoms with Gasteiger partial charge in [-0.05, 0) is 30.8 Å². The van der Waals surface area contributed by atoms with E-state index in [4.69, 9.17) is 14.9 Å². The number of likely N-dealkylation sites (tertiary alicyclic amines) is 1. The lowest BCUT2D eigenvalue weighted by Crippen LogP contribution is -2.32. The smallest absolute Gasteiger partial charge is 0.328 e. The molecule has 1 saturated heterocycles. The summed E-state index contributed by atoms with van der Waals surface area (Å²) in [4.78, 5) is 23.2. The maximum atomic E-state index is 11.0. The quantitative estimate of drug-likeness (QED) is 0.796. The number of hydrogen-bond acceptors (Lipinski definition) is 4. The normalized spacial score (nSPS) is 22.5. The fraction of sp³-hybridized carbons (Fsp3) is 0.333. The van der Waals surface area contributed by atoms with E-state index in [9.17, 15) is 9.59 Å². The van der Waals surface area contributed by atoms with Crippen molar-refractivity contribution >= 4 is 18.0 Å². The van der Waals surface area contributed by atoms with Crippen LogP contribution >= 0.6 is 0 Å². The number of likely N-dealkylation sites (N-methyl/N-ethyl adjacent to an activating group) is 1. The first-order chi connectivity index (χ1) is 9.95. The second-order valence-corrected chi connectivity index (χ2v) is 5.01. The van der Waals surface area contributed by atoms with Crippen molar-refractivity contribution in [3.63, 3.8) is 0 Å². The van der Waals surface area contributed by atoms with Crippen LogP contribution < -0.4 is 4.74 Å². The van der Waals surface area contributed by atoms with E-state index in [1.165, 1.54) is 6.08 Å². The summed E-state index contributed by atoms with van der Waals surface area (Å²) < 4.78 is 5.76. The zero-order valence-corrected chi connectivity index (χ0v) is 11.6. The molecule has 0 amide bonds. The zero-order valence-electron chi connectivity index (χ0n) is 11.6. The van der Waals surface area contributed by atoms with Gasteiger partial charge in [-0.25, -0.2) is 4.79 Å². The van der Waals surface area contributed by atoms with E-state index in [0.717, 1.165) is 11.6 Å². The van der Waals surface area contributed by atoms with Crippen LogP contribution in [0.3, 0.4) is 0 Å². The van der Waals surface area contributed by atoms with Crippen molar-refractivity contribution in [2.45, 2.75) is 18.6 Å². The molecule has 21 heavy (non-hydrogen) atoms. The number of ether oxygens (including phenoxy) is 1. The molecule has 0 saturated carbocycles. The number of benzene rings is 1. The maximum Gasteiger partial charge on any atom is 0.328 e. The predicted octanol–water partition coefficient (Wildman–Crippen LogP) is 1.32. The van der Waals surface area contributed by atoms with E-state index in [-0.39, 0.29) is 6.10 Å². The molecular formula is C15H17NO5. The molecule has 2 rings (SSSR count). The van der Waals surface area contributed by atoms with Crippen LogP contribution in [0.15, 0.2) is 30.3 Å². The van der Waals surface area contributed by atoms with Crippen LogP contribution in [-0.2, 0) is 9.59 Å². The summed E-state index contributed by atoms with van der Waals surface area (Å²) in [5.74, 6) is -1.19. The van der Waals surface area contributed by atoms with Crippen LogP contribution in [-0.4, -0.2) is 52.8 Å². The fourth-order valence-corrected chi connectivity index (χ4v) is 2.34. The van der Waals surface area contributed by atoms with Crippen LogP contribution in [0.1, 0.15) is 12.0 Å². The average molecular weight is 291 g/mol. The largest absolute Gasteiger partial charge is 0.489 e. The Morgan fingerprint density at radius 3 is 2.48 bits per heavy atom. The minimum absolute atomic E-state index is 0.156. The van der Waals surface area contributed by atoms with Gasteiger partial charge < -0.3 is 14.9 Å². The van der Waals surface area contributed by atoms with Crippen LogP contribution in [0.25, 0.3) is 6.08 Å².